The van der Waals surface area contributed by atoms with Crippen molar-refractivity contribution in [2.45, 2.75) is 6.54 Å². The molecule has 29 heavy (non-hydrogen) atoms. The van der Waals surface area contributed by atoms with Crippen LogP contribution in [0.2, 0.25) is 0 Å². The van der Waals surface area contributed by atoms with Gasteiger partial charge < -0.3 is 24.3 Å². The maximum Gasteiger partial charge on any atom is 0.241 e. The van der Waals surface area contributed by atoms with Gasteiger partial charge in [-0.2, -0.15) is 0 Å². The summed E-state index contributed by atoms with van der Waals surface area (Å²) in [5.41, 5.74) is 1.14. The third kappa shape index (κ3) is 4.32. The Morgan fingerprint density at radius 1 is 0.966 bits per heavy atom. The summed E-state index contributed by atoms with van der Waals surface area (Å²) in [5, 5.41) is 2.73. The number of hydrogen-bond donors (Lipinski definition) is 1. The van der Waals surface area contributed by atoms with Gasteiger partial charge >= 0.3 is 0 Å². The fourth-order valence-corrected chi connectivity index (χ4v) is 3.87. The number of amides is 1. The van der Waals surface area contributed by atoms with Crippen molar-refractivity contribution < 1.29 is 32.2 Å². The van der Waals surface area contributed by atoms with Gasteiger partial charge in [-0.3, -0.25) is 9.10 Å². The Labute approximate surface area is 168 Å². The average Bonchev–Trinajstić information content (AvgIpc) is 3.17. The number of nitrogens with zero attached hydrogens (tertiary/aromatic N) is 1. The van der Waals surface area contributed by atoms with E-state index in [1.165, 1.54) is 0 Å². The number of ether oxygens (including phenoxy) is 4. The number of carbonyl (C=O) groups excluding carboxylic acids is 1. The molecule has 0 radical (unpaired) electrons. The Morgan fingerprint density at radius 2 is 1.62 bits per heavy atom. The Morgan fingerprint density at radius 3 is 2.41 bits per heavy atom. The zero-order valence-corrected chi connectivity index (χ0v) is 16.5. The van der Waals surface area contributed by atoms with Gasteiger partial charge in [-0.15, -0.1) is 0 Å². The molecular formula is C19H20N2O7S. The lowest BCUT2D eigenvalue weighted by Crippen LogP contribution is -2.40. The molecule has 2 heterocycles. The van der Waals surface area contributed by atoms with Crippen LogP contribution in [0, 0.1) is 0 Å². The van der Waals surface area contributed by atoms with Crippen LogP contribution in [0.3, 0.4) is 0 Å². The molecule has 0 aromatic heterocycles. The van der Waals surface area contributed by atoms with E-state index >= 15 is 0 Å². The minimum absolute atomic E-state index is 0.171. The van der Waals surface area contributed by atoms with Crippen LogP contribution in [0.4, 0.5) is 5.69 Å². The maximum absolute atomic E-state index is 12.4. The highest BCUT2D eigenvalue weighted by molar-refractivity contribution is 7.92. The summed E-state index contributed by atoms with van der Waals surface area (Å²) in [5.74, 6) is 1.82. The predicted molar refractivity (Wildman–Crippen MR) is 104 cm³/mol. The molecule has 0 atom stereocenters. The summed E-state index contributed by atoms with van der Waals surface area (Å²) in [7, 11) is -3.69. The third-order valence-corrected chi connectivity index (χ3v) is 5.57. The number of rotatable bonds is 6. The number of carbonyl (C=O) groups is 1. The largest absolute Gasteiger partial charge is 0.486 e. The smallest absolute Gasteiger partial charge is 0.241 e. The van der Waals surface area contributed by atoms with Crippen molar-refractivity contribution in [1.29, 1.82) is 0 Å². The van der Waals surface area contributed by atoms with Gasteiger partial charge in [-0.25, -0.2) is 8.42 Å². The predicted octanol–water partition coefficient (Wildman–Crippen LogP) is 1.27. The Kier molecular flexibility index (Phi) is 5.10. The highest BCUT2D eigenvalue weighted by atomic mass is 32.2. The van der Waals surface area contributed by atoms with Crippen molar-refractivity contribution in [2.75, 3.05) is 37.1 Å². The topological polar surface area (TPSA) is 103 Å². The summed E-state index contributed by atoms with van der Waals surface area (Å²) in [4.78, 5) is 12.4. The van der Waals surface area contributed by atoms with Crippen molar-refractivity contribution in [2.24, 2.45) is 0 Å². The highest BCUT2D eigenvalue weighted by Crippen LogP contribution is 2.35. The van der Waals surface area contributed by atoms with Crippen LogP contribution in [0.15, 0.2) is 36.4 Å². The number of sulfonamides is 1. The van der Waals surface area contributed by atoms with Gasteiger partial charge in [0.2, 0.25) is 22.7 Å². The maximum atomic E-state index is 12.4. The Hall–Kier alpha value is -3.14. The number of fused-ring (bicyclic) bond motifs is 2. The van der Waals surface area contributed by atoms with Gasteiger partial charge in [-0.1, -0.05) is 6.07 Å². The van der Waals surface area contributed by atoms with E-state index in [1.54, 1.807) is 30.3 Å². The van der Waals surface area contributed by atoms with Crippen LogP contribution in [0.1, 0.15) is 5.56 Å². The first kappa shape index (κ1) is 19.2. The van der Waals surface area contributed by atoms with Crippen molar-refractivity contribution in [3.8, 4) is 23.0 Å². The van der Waals surface area contributed by atoms with E-state index in [9.17, 15) is 13.2 Å². The molecule has 0 bridgehead atoms. The summed E-state index contributed by atoms with van der Waals surface area (Å²) >= 11 is 0. The van der Waals surface area contributed by atoms with Crippen molar-refractivity contribution in [3.05, 3.63) is 42.0 Å². The molecule has 2 aliphatic rings. The number of hydrogen-bond acceptors (Lipinski definition) is 7. The zero-order chi connectivity index (χ0) is 20.4. The minimum atomic E-state index is -3.69. The van der Waals surface area contributed by atoms with Crippen LogP contribution >= 0.6 is 0 Å². The SMILES string of the molecule is CS(=O)(=O)N(CC(=O)NCc1ccc2c(c1)OCO2)c1ccc2c(c1)OCCO2. The standard InChI is InChI=1S/C19H20N2O7S/c1-29(23,24)21(14-3-5-15-18(9-14)26-7-6-25-15)11-19(22)20-10-13-2-4-16-17(8-13)28-12-27-16/h2-5,8-9H,6-7,10-12H2,1H3,(H,20,22). The van der Waals surface area contributed by atoms with E-state index in [0.717, 1.165) is 16.1 Å². The second kappa shape index (κ2) is 7.70. The molecule has 4 rings (SSSR count). The Balaban J connectivity index is 1.45. The van der Waals surface area contributed by atoms with Crippen molar-refractivity contribution in [3.63, 3.8) is 0 Å². The second-order valence-electron chi connectivity index (χ2n) is 6.56. The fourth-order valence-electron chi connectivity index (χ4n) is 3.03. The zero-order valence-electron chi connectivity index (χ0n) is 15.7. The first-order valence-corrected chi connectivity index (χ1v) is 10.8. The van der Waals surface area contributed by atoms with Crippen LogP contribution in [0.5, 0.6) is 23.0 Å². The quantitative estimate of drug-likeness (QED) is 0.751. The summed E-state index contributed by atoms with van der Waals surface area (Å²) < 4.78 is 47.1. The lowest BCUT2D eigenvalue weighted by molar-refractivity contribution is -0.119. The van der Waals surface area contributed by atoms with Gasteiger partial charge in [0.1, 0.15) is 19.8 Å². The Bertz CT molecular complexity index is 1040. The first-order chi connectivity index (χ1) is 13.9. The lowest BCUT2D eigenvalue weighted by Gasteiger charge is -2.24. The molecule has 1 N–H and O–H groups in total. The highest BCUT2D eigenvalue weighted by Gasteiger charge is 2.23. The molecular weight excluding hydrogens is 400 g/mol. The molecule has 0 spiro atoms. The molecule has 1 amide bonds. The van der Waals surface area contributed by atoms with Gasteiger partial charge in [0.15, 0.2) is 23.0 Å². The average molecular weight is 420 g/mol. The van der Waals surface area contributed by atoms with Gasteiger partial charge in [0.05, 0.1) is 11.9 Å². The van der Waals surface area contributed by atoms with E-state index in [-0.39, 0.29) is 19.9 Å². The van der Waals surface area contributed by atoms with Crippen LogP contribution in [-0.2, 0) is 21.4 Å². The summed E-state index contributed by atoms with van der Waals surface area (Å²) in [6, 6.07) is 10.1. The monoisotopic (exact) mass is 420 g/mol. The minimum Gasteiger partial charge on any atom is -0.486 e. The fraction of sp³-hybridized carbons (Fsp3) is 0.316. The summed E-state index contributed by atoms with van der Waals surface area (Å²) in [6.07, 6.45) is 1.05. The number of benzene rings is 2. The van der Waals surface area contributed by atoms with E-state index in [4.69, 9.17) is 18.9 Å². The van der Waals surface area contributed by atoms with Crippen LogP contribution in [0.25, 0.3) is 0 Å². The molecule has 0 unspecified atom stereocenters. The van der Waals surface area contributed by atoms with E-state index < -0.39 is 15.9 Å². The lowest BCUT2D eigenvalue weighted by atomic mass is 10.2. The summed E-state index contributed by atoms with van der Waals surface area (Å²) in [6.45, 7) is 0.858. The molecule has 9 nitrogen and oxygen atoms in total. The van der Waals surface area contributed by atoms with Crippen LogP contribution < -0.4 is 28.6 Å². The molecule has 2 aromatic carbocycles. The molecule has 2 aliphatic heterocycles. The molecule has 0 saturated carbocycles. The van der Waals surface area contributed by atoms with Gasteiger partial charge in [0.25, 0.3) is 0 Å². The molecule has 2 aromatic rings. The van der Waals surface area contributed by atoms with Gasteiger partial charge in [-0.05, 0) is 29.8 Å². The molecule has 0 aliphatic carbocycles. The first-order valence-electron chi connectivity index (χ1n) is 8.93. The molecule has 0 saturated heterocycles. The van der Waals surface area contributed by atoms with Crippen molar-refractivity contribution >= 4 is 21.6 Å². The van der Waals surface area contributed by atoms with Crippen LogP contribution in [-0.4, -0.2) is 47.1 Å². The molecule has 0 fully saturated rings. The number of anilines is 1. The van der Waals surface area contributed by atoms with Gasteiger partial charge in [0, 0.05) is 12.6 Å². The van der Waals surface area contributed by atoms with E-state index in [0.29, 0.717) is 41.9 Å². The second-order valence-corrected chi connectivity index (χ2v) is 8.47. The van der Waals surface area contributed by atoms with Crippen molar-refractivity contribution in [1.82, 2.24) is 5.32 Å². The van der Waals surface area contributed by atoms with E-state index in [2.05, 4.69) is 5.32 Å². The normalized spacial score (nSPS) is 14.4. The van der Waals surface area contributed by atoms with E-state index in [1.807, 2.05) is 6.07 Å². The third-order valence-electron chi connectivity index (χ3n) is 4.43. The molecule has 154 valence electrons. The molecule has 10 heteroatoms. The number of nitrogens with one attached hydrogen (secondary N) is 1.